The molecular formula is C23H31N3O7S. The molecule has 0 saturated carbocycles. The third kappa shape index (κ3) is 8.89. The molecule has 0 aliphatic heterocycles. The largest absolute Gasteiger partial charge is 0.508 e. The van der Waals surface area contributed by atoms with Crippen molar-refractivity contribution < 1.29 is 33.7 Å². The number of benzene rings is 1. The number of ether oxygens (including phenoxy) is 3. The fourth-order valence-electron chi connectivity index (χ4n) is 2.85. The summed E-state index contributed by atoms with van der Waals surface area (Å²) < 4.78 is 15.5. The average molecular weight is 494 g/mol. The number of phenols is 1. The number of alkyl carbamates (subject to hydrolysis) is 1. The van der Waals surface area contributed by atoms with E-state index in [2.05, 4.69) is 15.6 Å². The lowest BCUT2D eigenvalue weighted by Crippen LogP contribution is -2.49. The smallest absolute Gasteiger partial charge is 0.407 e. The lowest BCUT2D eigenvalue weighted by molar-refractivity contribution is -0.142. The van der Waals surface area contributed by atoms with Crippen LogP contribution in [0.15, 0.2) is 24.3 Å². The van der Waals surface area contributed by atoms with E-state index in [1.807, 2.05) is 6.07 Å². The van der Waals surface area contributed by atoms with Gasteiger partial charge in [0.1, 0.15) is 22.3 Å². The Balaban J connectivity index is 1.91. The van der Waals surface area contributed by atoms with Crippen molar-refractivity contribution in [2.24, 2.45) is 0 Å². The van der Waals surface area contributed by atoms with E-state index in [0.717, 1.165) is 23.3 Å². The number of hydrogen-bond donors (Lipinski definition) is 3. The van der Waals surface area contributed by atoms with E-state index in [1.54, 1.807) is 45.9 Å². The molecule has 0 aliphatic carbocycles. The molecule has 10 nitrogen and oxygen atoms in total. The number of nitrogens with zero attached hydrogens (tertiary/aromatic N) is 1. The Kier molecular flexibility index (Phi) is 9.67. The Bertz CT molecular complexity index is 1000. The molecule has 0 saturated heterocycles. The number of amides is 2. The van der Waals surface area contributed by atoms with Gasteiger partial charge in [0.15, 0.2) is 0 Å². The molecule has 0 radical (unpaired) electrons. The summed E-state index contributed by atoms with van der Waals surface area (Å²) in [7, 11) is 1.19. The van der Waals surface area contributed by atoms with Crippen LogP contribution < -0.4 is 15.4 Å². The van der Waals surface area contributed by atoms with Gasteiger partial charge in [0.2, 0.25) is 0 Å². The Morgan fingerprint density at radius 3 is 2.62 bits per heavy atom. The normalized spacial score (nSPS) is 11.9. The van der Waals surface area contributed by atoms with Gasteiger partial charge in [-0.1, -0.05) is 23.5 Å². The molecule has 186 valence electrons. The molecule has 0 unspecified atom stereocenters. The molecule has 0 aliphatic rings. The third-order valence-electron chi connectivity index (χ3n) is 4.37. The lowest BCUT2D eigenvalue weighted by atomic mass is 10.1. The second kappa shape index (κ2) is 12.2. The number of carbonyl (C=O) groups is 3. The van der Waals surface area contributed by atoms with Crippen LogP contribution in [0, 0.1) is 6.92 Å². The second-order valence-corrected chi connectivity index (χ2v) is 9.41. The Morgan fingerprint density at radius 2 is 1.97 bits per heavy atom. The van der Waals surface area contributed by atoms with Crippen molar-refractivity contribution in [3.63, 3.8) is 0 Å². The van der Waals surface area contributed by atoms with Gasteiger partial charge < -0.3 is 30.0 Å². The van der Waals surface area contributed by atoms with Crippen LogP contribution in [0.5, 0.6) is 10.9 Å². The molecule has 1 atom stereocenters. The van der Waals surface area contributed by atoms with Crippen LogP contribution in [-0.4, -0.2) is 60.0 Å². The predicted octanol–water partition coefficient (Wildman–Crippen LogP) is 2.96. The predicted molar refractivity (Wildman–Crippen MR) is 126 cm³/mol. The molecule has 34 heavy (non-hydrogen) atoms. The quantitative estimate of drug-likeness (QED) is 0.339. The van der Waals surface area contributed by atoms with Crippen LogP contribution in [0.3, 0.4) is 0 Å². The van der Waals surface area contributed by atoms with Gasteiger partial charge in [-0.2, -0.15) is 0 Å². The molecule has 0 bridgehead atoms. The molecule has 2 aromatic rings. The number of nitrogens with one attached hydrogen (secondary N) is 2. The van der Waals surface area contributed by atoms with Gasteiger partial charge in [0.25, 0.3) is 11.1 Å². The summed E-state index contributed by atoms with van der Waals surface area (Å²) in [6.45, 7) is 6.98. The molecule has 1 heterocycles. The maximum Gasteiger partial charge on any atom is 0.407 e. The summed E-state index contributed by atoms with van der Waals surface area (Å²) in [5.74, 6) is -1.03. The topological polar surface area (TPSA) is 136 Å². The molecule has 1 aromatic heterocycles. The fraction of sp³-hybridized carbons (Fsp3) is 0.478. The van der Waals surface area contributed by atoms with Gasteiger partial charge in [0, 0.05) is 0 Å². The number of thiazole rings is 1. The van der Waals surface area contributed by atoms with Crippen LogP contribution in [0.1, 0.15) is 48.1 Å². The number of carbonyl (C=O) groups excluding carboxylic acids is 3. The standard InChI is InChI=1S/C23H31N3O7S/c1-14-18(34-22(25-14)32-11-7-9-15-8-6-10-16(27)12-15)19(28)26-17(20(29)31-5)13-24-21(30)33-23(2,3)4/h6,8,10,12,17,27H,7,9,11,13H2,1-5H3,(H,24,30)(H,26,28)/t17-/m0/s1. The SMILES string of the molecule is COC(=O)[C@H](CNC(=O)OC(C)(C)C)NC(=O)c1sc(OCCCc2cccc(O)c2)nc1C. The number of methoxy groups -OCH3 is 1. The van der Waals surface area contributed by atoms with Crippen LogP contribution in [0.2, 0.25) is 0 Å². The average Bonchev–Trinajstić information content (AvgIpc) is 3.13. The zero-order chi connectivity index (χ0) is 25.3. The molecule has 0 spiro atoms. The minimum absolute atomic E-state index is 0.205. The van der Waals surface area contributed by atoms with Gasteiger partial charge >= 0.3 is 12.1 Å². The zero-order valence-corrected chi connectivity index (χ0v) is 20.8. The summed E-state index contributed by atoms with van der Waals surface area (Å²) in [4.78, 5) is 41.3. The van der Waals surface area contributed by atoms with Crippen molar-refractivity contribution in [1.29, 1.82) is 0 Å². The van der Waals surface area contributed by atoms with E-state index >= 15 is 0 Å². The van der Waals surface area contributed by atoms with E-state index in [-0.39, 0.29) is 17.2 Å². The molecule has 0 fully saturated rings. The van der Waals surface area contributed by atoms with Crippen molar-refractivity contribution in [3.05, 3.63) is 40.4 Å². The van der Waals surface area contributed by atoms with Crippen molar-refractivity contribution in [3.8, 4) is 10.9 Å². The highest BCUT2D eigenvalue weighted by molar-refractivity contribution is 7.15. The summed E-state index contributed by atoms with van der Waals surface area (Å²) in [6, 6.07) is 5.91. The molecule has 3 N–H and O–H groups in total. The first-order chi connectivity index (χ1) is 16.0. The molecular weight excluding hydrogens is 462 g/mol. The van der Waals surface area contributed by atoms with E-state index in [9.17, 15) is 19.5 Å². The highest BCUT2D eigenvalue weighted by Gasteiger charge is 2.26. The number of phenolic OH excluding ortho intramolecular Hbond substituents is 1. The van der Waals surface area contributed by atoms with E-state index in [4.69, 9.17) is 14.2 Å². The Hall–Kier alpha value is -3.34. The number of esters is 1. The van der Waals surface area contributed by atoms with Crippen molar-refractivity contribution in [2.75, 3.05) is 20.3 Å². The number of aromatic hydroxyl groups is 1. The lowest BCUT2D eigenvalue weighted by Gasteiger charge is -2.21. The Labute approximate surface area is 202 Å². The first kappa shape index (κ1) is 26.9. The summed E-state index contributed by atoms with van der Waals surface area (Å²) in [5.41, 5.74) is 0.745. The maximum absolute atomic E-state index is 12.8. The van der Waals surface area contributed by atoms with Gasteiger partial charge in [-0.3, -0.25) is 4.79 Å². The Morgan fingerprint density at radius 1 is 1.24 bits per heavy atom. The highest BCUT2D eigenvalue weighted by atomic mass is 32.1. The number of aromatic nitrogens is 1. The van der Waals surface area contributed by atoms with Crippen molar-refractivity contribution >= 4 is 29.3 Å². The first-order valence-corrected chi connectivity index (χ1v) is 11.5. The van der Waals surface area contributed by atoms with Gasteiger partial charge in [0.05, 0.1) is 26.0 Å². The second-order valence-electron chi connectivity index (χ2n) is 8.45. The maximum atomic E-state index is 12.8. The molecule has 2 rings (SSSR count). The van der Waals surface area contributed by atoms with Gasteiger partial charge in [-0.05, 0) is 58.2 Å². The summed E-state index contributed by atoms with van der Waals surface area (Å²) >= 11 is 1.06. The minimum Gasteiger partial charge on any atom is -0.508 e. The van der Waals surface area contributed by atoms with Crippen LogP contribution in [0.4, 0.5) is 4.79 Å². The minimum atomic E-state index is -1.11. The van der Waals surface area contributed by atoms with E-state index < -0.39 is 29.6 Å². The van der Waals surface area contributed by atoms with E-state index in [1.165, 1.54) is 7.11 Å². The van der Waals surface area contributed by atoms with E-state index in [0.29, 0.717) is 23.9 Å². The first-order valence-electron chi connectivity index (χ1n) is 10.7. The third-order valence-corrected chi connectivity index (χ3v) is 5.44. The van der Waals surface area contributed by atoms with Crippen LogP contribution in [-0.2, 0) is 20.7 Å². The van der Waals surface area contributed by atoms with Crippen LogP contribution >= 0.6 is 11.3 Å². The summed E-state index contributed by atoms with van der Waals surface area (Å²) in [6.07, 6.45) is 0.702. The number of rotatable bonds is 10. The van der Waals surface area contributed by atoms with Crippen molar-refractivity contribution in [2.45, 2.75) is 52.2 Å². The molecule has 11 heteroatoms. The monoisotopic (exact) mass is 493 g/mol. The summed E-state index contributed by atoms with van der Waals surface area (Å²) in [5, 5.41) is 14.9. The fourth-order valence-corrected chi connectivity index (χ4v) is 3.70. The molecule has 1 aromatic carbocycles. The number of hydrogen-bond acceptors (Lipinski definition) is 9. The van der Waals surface area contributed by atoms with Gasteiger partial charge in [-0.25, -0.2) is 14.6 Å². The highest BCUT2D eigenvalue weighted by Crippen LogP contribution is 2.25. The van der Waals surface area contributed by atoms with Gasteiger partial charge in [-0.15, -0.1) is 0 Å². The zero-order valence-electron chi connectivity index (χ0n) is 20.0. The molecule has 2 amide bonds. The van der Waals surface area contributed by atoms with Crippen LogP contribution in [0.25, 0.3) is 0 Å². The number of aryl methyl sites for hydroxylation is 2. The van der Waals surface area contributed by atoms with Crippen molar-refractivity contribution in [1.82, 2.24) is 15.6 Å².